The first kappa shape index (κ1) is 16.2. The van der Waals surface area contributed by atoms with E-state index in [4.69, 9.17) is 9.47 Å². The summed E-state index contributed by atoms with van der Waals surface area (Å²) in [5.74, 6) is 0.822. The number of rotatable bonds is 4. The summed E-state index contributed by atoms with van der Waals surface area (Å²) in [5, 5.41) is 0. The number of aryl methyl sites for hydroxylation is 1. The Morgan fingerprint density at radius 2 is 1.96 bits per heavy atom. The van der Waals surface area contributed by atoms with Gasteiger partial charge >= 0.3 is 0 Å². The summed E-state index contributed by atoms with van der Waals surface area (Å²) in [7, 11) is 3.28. The van der Waals surface area contributed by atoms with E-state index in [0.717, 1.165) is 41.7 Å². The summed E-state index contributed by atoms with van der Waals surface area (Å²) in [5.41, 5.74) is 5.37. The Hall–Kier alpha value is -2.33. The van der Waals surface area contributed by atoms with E-state index in [-0.39, 0.29) is 11.9 Å². The van der Waals surface area contributed by atoms with Gasteiger partial charge in [-0.2, -0.15) is 0 Å². The number of benzene rings is 2. The zero-order chi connectivity index (χ0) is 17.4. The molecule has 25 heavy (non-hydrogen) atoms. The maximum atomic E-state index is 13.3. The van der Waals surface area contributed by atoms with Gasteiger partial charge in [-0.15, -0.1) is 0 Å². The van der Waals surface area contributed by atoms with Crippen molar-refractivity contribution in [2.24, 2.45) is 0 Å². The lowest BCUT2D eigenvalue weighted by Crippen LogP contribution is -2.31. The van der Waals surface area contributed by atoms with Gasteiger partial charge in [0, 0.05) is 19.2 Å². The van der Waals surface area contributed by atoms with Crippen molar-refractivity contribution in [3.8, 4) is 5.75 Å². The van der Waals surface area contributed by atoms with Gasteiger partial charge in [0.2, 0.25) is 0 Å². The minimum Gasteiger partial charge on any atom is -0.496 e. The van der Waals surface area contributed by atoms with Crippen molar-refractivity contribution in [1.82, 2.24) is 4.90 Å². The smallest absolute Gasteiger partial charge is 0.255 e. The van der Waals surface area contributed by atoms with Crippen LogP contribution in [0.2, 0.25) is 0 Å². The largest absolute Gasteiger partial charge is 0.496 e. The summed E-state index contributed by atoms with van der Waals surface area (Å²) in [6, 6.07) is 12.6. The number of methoxy groups -OCH3 is 2. The molecule has 1 atom stereocenters. The quantitative estimate of drug-likeness (QED) is 0.850. The zero-order valence-corrected chi connectivity index (χ0v) is 14.7. The summed E-state index contributed by atoms with van der Waals surface area (Å²) < 4.78 is 10.8. The Morgan fingerprint density at radius 1 is 1.12 bits per heavy atom. The van der Waals surface area contributed by atoms with Crippen molar-refractivity contribution < 1.29 is 14.3 Å². The van der Waals surface area contributed by atoms with Crippen LogP contribution in [0.5, 0.6) is 5.75 Å². The highest BCUT2D eigenvalue weighted by Gasteiger charge is 2.37. The standard InChI is InChI=1S/C21H23NO3/c1-24-13-17-19(25-2)11-10-15-12-22(21(23)20(15)17)18-9-5-7-14-6-3-4-8-16(14)18/h3-4,6,8,10-11,18H,5,7,9,12-13H2,1-2H3/t18-/m0/s1. The fourth-order valence-electron chi connectivity index (χ4n) is 4.26. The van der Waals surface area contributed by atoms with Gasteiger partial charge in [0.15, 0.2) is 0 Å². The zero-order valence-electron chi connectivity index (χ0n) is 14.7. The van der Waals surface area contributed by atoms with E-state index >= 15 is 0 Å². The number of hydrogen-bond acceptors (Lipinski definition) is 3. The van der Waals surface area contributed by atoms with Crippen molar-refractivity contribution in [3.05, 3.63) is 64.2 Å². The Morgan fingerprint density at radius 3 is 2.76 bits per heavy atom. The molecule has 0 spiro atoms. The van der Waals surface area contributed by atoms with Crippen LogP contribution in [0.4, 0.5) is 0 Å². The van der Waals surface area contributed by atoms with E-state index in [0.29, 0.717) is 13.2 Å². The Labute approximate surface area is 148 Å². The first-order chi connectivity index (χ1) is 12.2. The molecular formula is C21H23NO3. The van der Waals surface area contributed by atoms with E-state index in [1.54, 1.807) is 14.2 Å². The number of hydrogen-bond donors (Lipinski definition) is 0. The summed E-state index contributed by atoms with van der Waals surface area (Å²) in [6.07, 6.45) is 3.24. The first-order valence-electron chi connectivity index (χ1n) is 8.81. The third-order valence-corrected chi connectivity index (χ3v) is 5.39. The molecule has 130 valence electrons. The number of nitrogens with zero attached hydrogens (tertiary/aromatic N) is 1. The van der Waals surface area contributed by atoms with Gasteiger partial charge in [-0.25, -0.2) is 0 Å². The van der Waals surface area contributed by atoms with Gasteiger partial charge < -0.3 is 14.4 Å². The van der Waals surface area contributed by atoms with Gasteiger partial charge in [-0.1, -0.05) is 30.3 Å². The lowest BCUT2D eigenvalue weighted by atomic mass is 9.87. The summed E-state index contributed by atoms with van der Waals surface area (Å²) in [6.45, 7) is 1.04. The Kier molecular flexibility index (Phi) is 4.22. The lowest BCUT2D eigenvalue weighted by molar-refractivity contribution is 0.0679. The molecule has 0 radical (unpaired) electrons. The highest BCUT2D eigenvalue weighted by Crippen LogP contribution is 2.41. The highest BCUT2D eigenvalue weighted by atomic mass is 16.5. The predicted molar refractivity (Wildman–Crippen MR) is 95.7 cm³/mol. The van der Waals surface area contributed by atoms with E-state index in [1.807, 2.05) is 17.0 Å². The molecule has 4 nitrogen and oxygen atoms in total. The van der Waals surface area contributed by atoms with E-state index in [9.17, 15) is 4.79 Å². The molecule has 1 heterocycles. The minimum absolute atomic E-state index is 0.0997. The number of carbonyl (C=O) groups is 1. The van der Waals surface area contributed by atoms with Crippen LogP contribution in [-0.4, -0.2) is 25.0 Å². The van der Waals surface area contributed by atoms with Crippen LogP contribution in [0.25, 0.3) is 0 Å². The molecule has 0 aromatic heterocycles. The monoisotopic (exact) mass is 337 g/mol. The van der Waals surface area contributed by atoms with Crippen LogP contribution in [0.3, 0.4) is 0 Å². The van der Waals surface area contributed by atoms with E-state index < -0.39 is 0 Å². The molecule has 4 heteroatoms. The SMILES string of the molecule is COCc1c(OC)ccc2c1C(=O)N([C@H]1CCCc3ccccc31)C2. The molecule has 4 rings (SSSR count). The van der Waals surface area contributed by atoms with Gasteiger partial charge in [-0.05, 0) is 42.0 Å². The van der Waals surface area contributed by atoms with Crippen molar-refractivity contribution in [3.63, 3.8) is 0 Å². The Bertz CT molecular complexity index is 815. The third kappa shape index (κ3) is 2.61. The third-order valence-electron chi connectivity index (χ3n) is 5.39. The number of carbonyl (C=O) groups excluding carboxylic acids is 1. The molecule has 0 bridgehead atoms. The van der Waals surface area contributed by atoms with Crippen LogP contribution in [-0.2, 0) is 24.3 Å². The second kappa shape index (κ2) is 6.52. The predicted octanol–water partition coefficient (Wildman–Crippen LogP) is 3.88. The van der Waals surface area contributed by atoms with E-state index in [2.05, 4.69) is 24.3 Å². The molecule has 0 saturated carbocycles. The fraction of sp³-hybridized carbons (Fsp3) is 0.381. The van der Waals surface area contributed by atoms with E-state index in [1.165, 1.54) is 11.1 Å². The Balaban J connectivity index is 1.74. The molecule has 1 amide bonds. The maximum Gasteiger partial charge on any atom is 0.255 e. The second-order valence-corrected chi connectivity index (χ2v) is 6.75. The molecule has 1 aliphatic heterocycles. The fourth-order valence-corrected chi connectivity index (χ4v) is 4.26. The molecule has 2 aliphatic rings. The van der Waals surface area contributed by atoms with Gasteiger partial charge in [-0.3, -0.25) is 4.79 Å². The van der Waals surface area contributed by atoms with Crippen molar-refractivity contribution in [1.29, 1.82) is 0 Å². The summed E-state index contributed by atoms with van der Waals surface area (Å²) in [4.78, 5) is 15.3. The van der Waals surface area contributed by atoms with Crippen LogP contribution in [0.15, 0.2) is 36.4 Å². The van der Waals surface area contributed by atoms with Crippen LogP contribution in [0, 0.1) is 0 Å². The molecule has 0 N–H and O–H groups in total. The number of amides is 1. The van der Waals surface area contributed by atoms with Crippen molar-refractivity contribution >= 4 is 5.91 Å². The van der Waals surface area contributed by atoms with Crippen LogP contribution in [0.1, 0.15) is 51.5 Å². The molecule has 0 saturated heterocycles. The minimum atomic E-state index is 0.0997. The molecule has 2 aromatic rings. The second-order valence-electron chi connectivity index (χ2n) is 6.75. The van der Waals surface area contributed by atoms with Crippen molar-refractivity contribution in [2.45, 2.75) is 38.5 Å². The van der Waals surface area contributed by atoms with Crippen molar-refractivity contribution in [2.75, 3.05) is 14.2 Å². The average molecular weight is 337 g/mol. The maximum absolute atomic E-state index is 13.3. The van der Waals surface area contributed by atoms with Crippen LogP contribution < -0.4 is 4.74 Å². The molecular weight excluding hydrogens is 314 g/mol. The highest BCUT2D eigenvalue weighted by molar-refractivity contribution is 6.00. The molecule has 1 aliphatic carbocycles. The average Bonchev–Trinajstić information content (AvgIpc) is 2.98. The van der Waals surface area contributed by atoms with Gasteiger partial charge in [0.25, 0.3) is 5.91 Å². The van der Waals surface area contributed by atoms with Gasteiger partial charge in [0.1, 0.15) is 5.75 Å². The van der Waals surface area contributed by atoms with Gasteiger partial charge in [0.05, 0.1) is 25.3 Å². The molecule has 2 aromatic carbocycles. The first-order valence-corrected chi connectivity index (χ1v) is 8.81. The van der Waals surface area contributed by atoms with Crippen LogP contribution >= 0.6 is 0 Å². The lowest BCUT2D eigenvalue weighted by Gasteiger charge is -2.33. The molecule has 0 unspecified atom stereocenters. The molecule has 0 fully saturated rings. The number of fused-ring (bicyclic) bond motifs is 2. The number of ether oxygens (including phenoxy) is 2. The topological polar surface area (TPSA) is 38.8 Å². The summed E-state index contributed by atoms with van der Waals surface area (Å²) >= 11 is 0. The normalized spacial score (nSPS) is 18.9.